The van der Waals surface area contributed by atoms with Gasteiger partial charge in [-0.2, -0.15) is 0 Å². The van der Waals surface area contributed by atoms with Gasteiger partial charge in [-0.15, -0.1) is 0 Å². The molecule has 0 aliphatic carbocycles. The van der Waals surface area contributed by atoms with Crippen LogP contribution in [0, 0.1) is 0 Å². The van der Waals surface area contributed by atoms with Gasteiger partial charge in [-0.05, 0) is 32.1 Å². The summed E-state index contributed by atoms with van der Waals surface area (Å²) in [5, 5.41) is 0. The summed E-state index contributed by atoms with van der Waals surface area (Å²) < 4.78 is 0. The third-order valence-electron chi connectivity index (χ3n) is 3.72. The first-order valence-corrected chi connectivity index (χ1v) is 10.8. The number of hydrogen-bond donors (Lipinski definition) is 0. The maximum Gasteiger partial charge on any atom is 0.0616 e. The summed E-state index contributed by atoms with van der Waals surface area (Å²) in [6.07, 6.45) is 16.2. The van der Waals surface area contributed by atoms with Crippen LogP contribution >= 0.6 is 14.6 Å². The lowest BCUT2D eigenvalue weighted by atomic mass is 10.4. The van der Waals surface area contributed by atoms with E-state index in [-0.39, 0.29) is 23.9 Å². The molecule has 2 aliphatic heterocycles. The Kier molecular flexibility index (Phi) is 5.91. The average molecular weight is 297 g/mol. The van der Waals surface area contributed by atoms with Crippen LogP contribution in [0.3, 0.4) is 0 Å². The second-order valence-electron chi connectivity index (χ2n) is 4.63. The van der Waals surface area contributed by atoms with E-state index in [1.54, 1.807) is 56.5 Å². The lowest BCUT2D eigenvalue weighted by Gasteiger charge is -2.41. The maximum absolute atomic E-state index is 2.41. The van der Waals surface area contributed by atoms with Gasteiger partial charge >= 0.3 is 0 Å². The van der Waals surface area contributed by atoms with Crippen LogP contribution in [0.4, 0.5) is 0 Å². The molecule has 0 spiro atoms. The molecule has 0 amide bonds. The van der Waals surface area contributed by atoms with Gasteiger partial charge in [-0.1, -0.05) is 6.92 Å². The van der Waals surface area contributed by atoms with Crippen molar-refractivity contribution in [1.82, 2.24) is 0 Å². The molecule has 3 heteroatoms. The highest BCUT2D eigenvalue weighted by Crippen LogP contribution is 2.87. The number of halogens is 1. The van der Waals surface area contributed by atoms with E-state index in [0.29, 0.717) is 7.61 Å². The van der Waals surface area contributed by atoms with E-state index in [9.17, 15) is 0 Å². The summed E-state index contributed by atoms with van der Waals surface area (Å²) in [7, 11) is 0.575. The SMILES string of the molecule is CCC[P+]12CCCCP1CCCC2.[Br-]. The van der Waals surface area contributed by atoms with E-state index in [0.717, 1.165) is 0 Å². The number of fused-ring (bicyclic) bond motifs is 1. The molecule has 2 heterocycles. The third-order valence-corrected chi connectivity index (χ3v) is 16.8. The molecule has 0 aromatic rings. The van der Waals surface area contributed by atoms with Crippen LogP contribution in [-0.2, 0) is 0 Å². The van der Waals surface area contributed by atoms with Gasteiger partial charge in [0.15, 0.2) is 0 Å². The summed E-state index contributed by atoms with van der Waals surface area (Å²) in [6.45, 7) is 2.08. The number of hydrogen-bond acceptors (Lipinski definition) is 0. The van der Waals surface area contributed by atoms with Crippen molar-refractivity contribution in [3.05, 3.63) is 0 Å². The van der Waals surface area contributed by atoms with Gasteiger partial charge < -0.3 is 17.0 Å². The highest BCUT2D eigenvalue weighted by Gasteiger charge is 2.47. The highest BCUT2D eigenvalue weighted by atomic mass is 79.9. The van der Waals surface area contributed by atoms with Crippen molar-refractivity contribution in [1.29, 1.82) is 0 Å². The summed E-state index contributed by atoms with van der Waals surface area (Å²) in [4.78, 5) is 0. The first kappa shape index (κ1) is 13.4. The van der Waals surface area contributed by atoms with Crippen molar-refractivity contribution in [3.63, 3.8) is 0 Å². The standard InChI is InChI=1S/C11H23P2.BrH/c1-2-9-13-10-5-3-7-12(13)8-4-6-11-13;/h2-11H2,1H3;1H/q+1;/p-1. The van der Waals surface area contributed by atoms with Crippen molar-refractivity contribution < 1.29 is 17.0 Å². The van der Waals surface area contributed by atoms with E-state index < -0.39 is 0 Å². The summed E-state index contributed by atoms with van der Waals surface area (Å²) in [5.41, 5.74) is 0. The average Bonchev–Trinajstić information content (AvgIpc) is 2.18. The van der Waals surface area contributed by atoms with Crippen LogP contribution in [0.25, 0.3) is 0 Å². The molecule has 0 radical (unpaired) electrons. The van der Waals surface area contributed by atoms with Gasteiger partial charge in [0.2, 0.25) is 0 Å². The van der Waals surface area contributed by atoms with Crippen LogP contribution in [-0.4, -0.2) is 30.8 Å². The van der Waals surface area contributed by atoms with Crippen molar-refractivity contribution in [2.45, 2.75) is 39.0 Å². The largest absolute Gasteiger partial charge is 1.00 e. The summed E-state index contributed by atoms with van der Waals surface area (Å²) >= 11 is 0. The Morgan fingerprint density at radius 3 is 2.07 bits per heavy atom. The molecule has 2 rings (SSSR count). The molecule has 0 aromatic heterocycles. The first-order valence-electron chi connectivity index (χ1n) is 5.99. The topological polar surface area (TPSA) is 0 Å². The Bertz CT molecular complexity index is 155. The van der Waals surface area contributed by atoms with E-state index >= 15 is 0 Å². The molecule has 0 unspecified atom stereocenters. The molecule has 0 aromatic carbocycles. The lowest BCUT2D eigenvalue weighted by molar-refractivity contribution is -0.00000279. The van der Waals surface area contributed by atoms with Crippen LogP contribution in [0.5, 0.6) is 0 Å². The Hall–Kier alpha value is 1.34. The molecule has 84 valence electrons. The molecule has 2 fully saturated rings. The Morgan fingerprint density at radius 1 is 1.00 bits per heavy atom. The van der Waals surface area contributed by atoms with E-state index in [4.69, 9.17) is 0 Å². The zero-order chi connectivity index (χ0) is 9.15. The van der Waals surface area contributed by atoms with Crippen LogP contribution < -0.4 is 17.0 Å². The molecule has 0 nitrogen and oxygen atoms in total. The van der Waals surface area contributed by atoms with E-state index in [2.05, 4.69) is 6.92 Å². The first-order chi connectivity index (χ1) is 6.37. The van der Waals surface area contributed by atoms with Gasteiger partial charge in [0, 0.05) is 19.3 Å². The molecule has 0 atom stereocenters. The zero-order valence-corrected chi connectivity index (χ0v) is 12.7. The van der Waals surface area contributed by atoms with Crippen molar-refractivity contribution in [3.8, 4) is 0 Å². The Morgan fingerprint density at radius 2 is 1.57 bits per heavy atom. The zero-order valence-electron chi connectivity index (χ0n) is 9.34. The minimum absolute atomic E-state index is 0. The molecular weight excluding hydrogens is 274 g/mol. The lowest BCUT2D eigenvalue weighted by Crippen LogP contribution is -3.00. The van der Waals surface area contributed by atoms with Crippen molar-refractivity contribution in [2.75, 3.05) is 30.8 Å². The van der Waals surface area contributed by atoms with Crippen LogP contribution in [0.15, 0.2) is 0 Å². The quantitative estimate of drug-likeness (QED) is 0.676. The van der Waals surface area contributed by atoms with E-state index in [1.807, 2.05) is 0 Å². The third kappa shape index (κ3) is 2.72. The summed E-state index contributed by atoms with van der Waals surface area (Å²) in [5.74, 6) is 0. The molecule has 2 saturated heterocycles. The molecule has 0 saturated carbocycles. The highest BCUT2D eigenvalue weighted by molar-refractivity contribution is 8.39. The second-order valence-corrected chi connectivity index (χ2v) is 14.3. The fraction of sp³-hybridized carbons (Fsp3) is 1.00. The van der Waals surface area contributed by atoms with Crippen molar-refractivity contribution >= 4 is 14.6 Å². The van der Waals surface area contributed by atoms with Crippen LogP contribution in [0.1, 0.15) is 39.0 Å². The van der Waals surface area contributed by atoms with Gasteiger partial charge in [0.05, 0.1) is 26.1 Å². The minimum atomic E-state index is -0.330. The normalized spacial score (nSPS) is 37.1. The van der Waals surface area contributed by atoms with Gasteiger partial charge in [-0.3, -0.25) is 0 Å². The predicted molar refractivity (Wildman–Crippen MR) is 66.9 cm³/mol. The smallest absolute Gasteiger partial charge is 0.0616 e. The molecule has 0 bridgehead atoms. The van der Waals surface area contributed by atoms with Gasteiger partial charge in [0.1, 0.15) is 0 Å². The molecule has 2 aliphatic rings. The fourth-order valence-electron chi connectivity index (χ4n) is 3.11. The van der Waals surface area contributed by atoms with Gasteiger partial charge in [-0.25, -0.2) is 0 Å². The van der Waals surface area contributed by atoms with Gasteiger partial charge in [0.25, 0.3) is 0 Å². The summed E-state index contributed by atoms with van der Waals surface area (Å²) in [6, 6.07) is 0. The maximum atomic E-state index is 2.41. The predicted octanol–water partition coefficient (Wildman–Crippen LogP) is 1.40. The monoisotopic (exact) mass is 296 g/mol. The Labute approximate surface area is 101 Å². The molecule has 0 N–H and O–H groups in total. The van der Waals surface area contributed by atoms with Crippen LogP contribution in [0.2, 0.25) is 0 Å². The van der Waals surface area contributed by atoms with E-state index in [1.165, 1.54) is 6.42 Å². The fourth-order valence-corrected chi connectivity index (χ4v) is 16.7. The minimum Gasteiger partial charge on any atom is -1.00 e. The molecular formula is C11H23BrP2. The van der Waals surface area contributed by atoms with Crippen molar-refractivity contribution in [2.24, 2.45) is 0 Å². The Balaban J connectivity index is 0.000000980. The second kappa shape index (κ2) is 6.17. The molecule has 14 heavy (non-hydrogen) atoms. The number of rotatable bonds is 2.